The molecule has 2 N–H and O–H groups in total. The van der Waals surface area contributed by atoms with E-state index in [4.69, 9.17) is 9.47 Å². The molecule has 1 aromatic carbocycles. The molecule has 2 aliphatic heterocycles. The highest BCUT2D eigenvalue weighted by Gasteiger charge is 2.75. The van der Waals surface area contributed by atoms with Crippen LogP contribution < -0.4 is 4.74 Å². The lowest BCUT2D eigenvalue weighted by Gasteiger charge is -2.68. The van der Waals surface area contributed by atoms with E-state index in [1.165, 1.54) is 30.5 Å². The Morgan fingerprint density at radius 3 is 2.60 bits per heavy atom. The number of likely N-dealkylation sites (tertiary alicyclic amines) is 1. The zero-order valence-corrected chi connectivity index (χ0v) is 22.3. The Morgan fingerprint density at radius 2 is 1.97 bits per heavy atom. The Hall–Kier alpha value is -1.56. The third kappa shape index (κ3) is 2.92. The summed E-state index contributed by atoms with van der Waals surface area (Å²) in [5.74, 6) is 1.61. The number of ether oxygens (including phenoxy) is 2. The van der Waals surface area contributed by atoms with E-state index < -0.39 is 5.60 Å². The number of nitrogens with zero attached hydrogens (tertiary/aromatic N) is 1. The van der Waals surface area contributed by atoms with Gasteiger partial charge in [0.25, 0.3) is 0 Å². The van der Waals surface area contributed by atoms with Gasteiger partial charge in [-0.1, -0.05) is 39.0 Å². The van der Waals surface area contributed by atoms with Crippen LogP contribution in [0.25, 0.3) is 0 Å². The summed E-state index contributed by atoms with van der Waals surface area (Å²) in [5, 5.41) is 23.1. The van der Waals surface area contributed by atoms with E-state index in [0.717, 1.165) is 31.7 Å². The van der Waals surface area contributed by atoms with Gasteiger partial charge >= 0.3 is 0 Å². The van der Waals surface area contributed by atoms with Gasteiger partial charge in [0.1, 0.15) is 12.2 Å². The normalized spacial score (nSPS) is 39.9. The molecule has 2 heterocycles. The van der Waals surface area contributed by atoms with Gasteiger partial charge in [0.05, 0.1) is 11.0 Å². The molecule has 0 aromatic heterocycles. The number of hydrogen-bond acceptors (Lipinski definition) is 5. The predicted octanol–water partition coefficient (Wildman–Crippen LogP) is 4.83. The van der Waals surface area contributed by atoms with Crippen LogP contribution in [0.3, 0.4) is 0 Å². The standard InChI is InChI=1S/C30H43NO4/c1-7-12-29-16-20(28(5,33)27(2,3)4)24(34-6)26-30(29)13-14-31(17-18-8-9-18)22(29)15-19-10-11-21(32)25(35-26)23(19)30/h7,10-12,18,20,22,24,26,32-33H,8-9,13-17H2,1-6H3/b12-7+/t20-,22+,24?,26-,28-,29+,30-/m0/s1. The Morgan fingerprint density at radius 1 is 1.23 bits per heavy atom. The molecule has 3 fully saturated rings. The number of aliphatic hydroxyl groups is 1. The fourth-order valence-electron chi connectivity index (χ4n) is 8.57. The predicted molar refractivity (Wildman–Crippen MR) is 137 cm³/mol. The van der Waals surface area contributed by atoms with Crippen molar-refractivity contribution in [2.75, 3.05) is 20.2 Å². The maximum absolute atomic E-state index is 12.1. The fourth-order valence-corrected chi connectivity index (χ4v) is 8.57. The Balaban J connectivity index is 1.61. The molecular weight excluding hydrogens is 438 g/mol. The minimum Gasteiger partial charge on any atom is -0.504 e. The lowest BCUT2D eigenvalue weighted by atomic mass is 9.40. The zero-order chi connectivity index (χ0) is 25.0. The zero-order valence-electron chi connectivity index (χ0n) is 22.3. The van der Waals surface area contributed by atoms with Crippen LogP contribution in [0.15, 0.2) is 24.3 Å². The summed E-state index contributed by atoms with van der Waals surface area (Å²) in [5.41, 5.74) is 0.796. The smallest absolute Gasteiger partial charge is 0.165 e. The minimum atomic E-state index is -0.958. The number of piperidine rings is 1. The lowest BCUT2D eigenvalue weighted by molar-refractivity contribution is -0.224. The van der Waals surface area contributed by atoms with Crippen molar-refractivity contribution in [2.45, 2.75) is 96.0 Å². The summed E-state index contributed by atoms with van der Waals surface area (Å²) in [6, 6.07) is 4.29. The summed E-state index contributed by atoms with van der Waals surface area (Å²) < 4.78 is 13.1. The van der Waals surface area contributed by atoms with Crippen molar-refractivity contribution < 1.29 is 19.7 Å². The second-order valence-corrected chi connectivity index (χ2v) is 13.3. The molecule has 2 saturated carbocycles. The summed E-state index contributed by atoms with van der Waals surface area (Å²) in [6.45, 7) is 12.7. The number of allylic oxidation sites excluding steroid dienone is 1. The Bertz CT molecular complexity index is 1050. The Labute approximate surface area is 210 Å². The van der Waals surface area contributed by atoms with Crippen LogP contribution in [-0.4, -0.2) is 59.2 Å². The van der Waals surface area contributed by atoms with Gasteiger partial charge in [-0.3, -0.25) is 4.90 Å². The SMILES string of the molecule is C/C=C/[C@]12C[C@H]([C@](C)(O)C(C)(C)C)C(OC)[C@@H]3Oc4c(O)ccc5c4[C@@]31CCN(CC1CC1)[C@@H]2C5. The Kier molecular flexibility index (Phi) is 5.10. The number of benzene rings is 1. The van der Waals surface area contributed by atoms with Gasteiger partial charge in [-0.15, -0.1) is 0 Å². The number of aromatic hydroxyl groups is 1. The molecule has 5 heteroatoms. The second kappa shape index (κ2) is 7.49. The molecule has 35 heavy (non-hydrogen) atoms. The van der Waals surface area contributed by atoms with Crippen molar-refractivity contribution in [1.29, 1.82) is 0 Å². The van der Waals surface area contributed by atoms with Crippen molar-refractivity contribution in [1.82, 2.24) is 4.90 Å². The first-order chi connectivity index (χ1) is 16.5. The first kappa shape index (κ1) is 23.8. The molecule has 0 amide bonds. The van der Waals surface area contributed by atoms with Gasteiger partial charge in [0.15, 0.2) is 11.5 Å². The van der Waals surface area contributed by atoms with Crippen LogP contribution in [0.1, 0.15) is 71.4 Å². The van der Waals surface area contributed by atoms with Crippen molar-refractivity contribution in [2.24, 2.45) is 22.7 Å². The van der Waals surface area contributed by atoms with Crippen LogP contribution in [0.4, 0.5) is 0 Å². The van der Waals surface area contributed by atoms with Gasteiger partial charge < -0.3 is 19.7 Å². The fraction of sp³-hybridized carbons (Fsp3) is 0.733. The van der Waals surface area contributed by atoms with Gasteiger partial charge in [-0.2, -0.15) is 0 Å². The van der Waals surface area contributed by atoms with E-state index in [1.807, 2.05) is 13.0 Å². The molecular formula is C30H43NO4. The van der Waals surface area contributed by atoms with Crippen LogP contribution >= 0.6 is 0 Å². The van der Waals surface area contributed by atoms with Crippen LogP contribution in [-0.2, 0) is 16.6 Å². The number of phenolic OH excluding ortho intramolecular Hbond substituents is 1. The molecule has 6 rings (SSSR count). The van der Waals surface area contributed by atoms with E-state index in [-0.39, 0.29) is 40.1 Å². The number of rotatable bonds is 5. The van der Waals surface area contributed by atoms with Crippen molar-refractivity contribution >= 4 is 0 Å². The average molecular weight is 482 g/mol. The molecule has 3 aliphatic carbocycles. The summed E-state index contributed by atoms with van der Waals surface area (Å²) >= 11 is 0. The summed E-state index contributed by atoms with van der Waals surface area (Å²) in [7, 11) is 1.77. The third-order valence-electron chi connectivity index (χ3n) is 10.9. The molecule has 1 saturated heterocycles. The molecule has 192 valence electrons. The molecule has 2 bridgehead atoms. The van der Waals surface area contributed by atoms with Gasteiger partial charge in [0, 0.05) is 36.6 Å². The topological polar surface area (TPSA) is 62.2 Å². The second-order valence-electron chi connectivity index (χ2n) is 13.3. The lowest BCUT2D eigenvalue weighted by Crippen LogP contribution is -2.76. The minimum absolute atomic E-state index is 0.108. The van der Waals surface area contributed by atoms with Crippen molar-refractivity contribution in [3.05, 3.63) is 35.4 Å². The maximum atomic E-state index is 12.1. The van der Waals surface area contributed by atoms with Gasteiger partial charge in [-0.05, 0) is 75.5 Å². The van der Waals surface area contributed by atoms with Crippen LogP contribution in [0.5, 0.6) is 11.5 Å². The highest BCUT2D eigenvalue weighted by molar-refractivity contribution is 5.63. The largest absolute Gasteiger partial charge is 0.504 e. The van der Waals surface area contributed by atoms with Crippen molar-refractivity contribution in [3.63, 3.8) is 0 Å². The van der Waals surface area contributed by atoms with Gasteiger partial charge in [0.2, 0.25) is 0 Å². The summed E-state index contributed by atoms with van der Waals surface area (Å²) in [6.07, 6.45) is 9.66. The van der Waals surface area contributed by atoms with E-state index in [1.54, 1.807) is 7.11 Å². The highest BCUT2D eigenvalue weighted by atomic mass is 16.5. The van der Waals surface area contributed by atoms with E-state index in [9.17, 15) is 10.2 Å². The third-order valence-corrected chi connectivity index (χ3v) is 10.9. The highest BCUT2D eigenvalue weighted by Crippen LogP contribution is 2.72. The van der Waals surface area contributed by atoms with E-state index in [0.29, 0.717) is 11.8 Å². The van der Waals surface area contributed by atoms with Crippen molar-refractivity contribution in [3.8, 4) is 11.5 Å². The molecule has 1 unspecified atom stereocenters. The number of methoxy groups -OCH3 is 1. The van der Waals surface area contributed by atoms with Crippen LogP contribution in [0, 0.1) is 22.7 Å². The maximum Gasteiger partial charge on any atom is 0.165 e. The molecule has 5 aliphatic rings. The number of phenols is 1. The quantitative estimate of drug-likeness (QED) is 0.590. The molecule has 1 aromatic rings. The molecule has 1 spiro atoms. The first-order valence-corrected chi connectivity index (χ1v) is 13.7. The first-order valence-electron chi connectivity index (χ1n) is 13.7. The van der Waals surface area contributed by atoms with Crippen LogP contribution in [0.2, 0.25) is 0 Å². The average Bonchev–Trinajstić information content (AvgIpc) is 3.53. The molecule has 0 radical (unpaired) electrons. The van der Waals surface area contributed by atoms with E-state index >= 15 is 0 Å². The van der Waals surface area contributed by atoms with Gasteiger partial charge in [-0.25, -0.2) is 0 Å². The molecule has 7 atom stereocenters. The molecule has 5 nitrogen and oxygen atoms in total. The summed E-state index contributed by atoms with van der Waals surface area (Å²) in [4.78, 5) is 2.77. The number of hydrogen-bond donors (Lipinski definition) is 2. The van der Waals surface area contributed by atoms with E-state index in [2.05, 4.69) is 50.8 Å². The monoisotopic (exact) mass is 481 g/mol.